The van der Waals surface area contributed by atoms with Crippen molar-refractivity contribution < 1.29 is 0 Å². The maximum Gasteiger partial charge on any atom is 0.0697 e. The second-order valence-electron chi connectivity index (χ2n) is 3.07. The quantitative estimate of drug-likeness (QED) is 0.719. The summed E-state index contributed by atoms with van der Waals surface area (Å²) in [6.07, 6.45) is 2.96. The predicted molar refractivity (Wildman–Crippen MR) is 55.0 cm³/mol. The first-order valence-electron chi connectivity index (χ1n) is 4.42. The van der Waals surface area contributed by atoms with Gasteiger partial charge in [0, 0.05) is 17.0 Å². The van der Waals surface area contributed by atoms with Crippen molar-refractivity contribution in [3.8, 4) is 0 Å². The molecule has 0 aliphatic heterocycles. The van der Waals surface area contributed by atoms with Crippen LogP contribution in [0.2, 0.25) is 5.02 Å². The van der Waals surface area contributed by atoms with Crippen LogP contribution < -0.4 is 0 Å². The molecule has 0 saturated heterocycles. The molecule has 0 bridgehead atoms. The van der Waals surface area contributed by atoms with Gasteiger partial charge in [0.25, 0.3) is 0 Å². The molecule has 0 fully saturated rings. The average molecular weight is 195 g/mol. The zero-order chi connectivity index (χ0) is 9.26. The van der Waals surface area contributed by atoms with Crippen molar-refractivity contribution >= 4 is 22.5 Å². The largest absolute Gasteiger partial charge is 0.265 e. The summed E-state index contributed by atoms with van der Waals surface area (Å²) in [5.74, 6) is 0. The number of aromatic nitrogens is 2. The molecule has 0 atom stereocenters. The van der Waals surface area contributed by atoms with Gasteiger partial charge in [-0.25, -0.2) is 0 Å². The summed E-state index contributed by atoms with van der Waals surface area (Å²) < 4.78 is 1.99. The fourth-order valence-electron chi connectivity index (χ4n) is 1.43. The van der Waals surface area contributed by atoms with E-state index in [-0.39, 0.29) is 0 Å². The SMILES string of the molecule is CCCn1ncc2ccc(Cl)cc21. The molecule has 1 aromatic heterocycles. The Kier molecular flexibility index (Phi) is 2.23. The van der Waals surface area contributed by atoms with Gasteiger partial charge >= 0.3 is 0 Å². The topological polar surface area (TPSA) is 17.8 Å². The molecule has 0 radical (unpaired) electrons. The fourth-order valence-corrected chi connectivity index (χ4v) is 1.60. The second-order valence-corrected chi connectivity index (χ2v) is 3.51. The van der Waals surface area contributed by atoms with E-state index in [4.69, 9.17) is 11.6 Å². The summed E-state index contributed by atoms with van der Waals surface area (Å²) in [4.78, 5) is 0. The standard InChI is InChI=1S/C10H11ClN2/c1-2-5-13-10-6-9(11)4-3-8(10)7-12-13/h3-4,6-7H,2,5H2,1H3. The summed E-state index contributed by atoms with van der Waals surface area (Å²) in [7, 11) is 0. The molecule has 0 spiro atoms. The lowest BCUT2D eigenvalue weighted by Crippen LogP contribution is -1.97. The molecule has 68 valence electrons. The summed E-state index contributed by atoms with van der Waals surface area (Å²) in [6.45, 7) is 3.09. The number of hydrogen-bond donors (Lipinski definition) is 0. The Morgan fingerprint density at radius 1 is 1.46 bits per heavy atom. The van der Waals surface area contributed by atoms with Crippen LogP contribution in [-0.4, -0.2) is 9.78 Å². The van der Waals surface area contributed by atoms with E-state index in [0.29, 0.717) is 0 Å². The van der Waals surface area contributed by atoms with E-state index in [1.807, 2.05) is 29.1 Å². The van der Waals surface area contributed by atoms with Gasteiger partial charge in [-0.2, -0.15) is 5.10 Å². The van der Waals surface area contributed by atoms with Gasteiger partial charge in [0.15, 0.2) is 0 Å². The maximum atomic E-state index is 5.91. The van der Waals surface area contributed by atoms with E-state index in [9.17, 15) is 0 Å². The van der Waals surface area contributed by atoms with Crippen molar-refractivity contribution in [1.82, 2.24) is 9.78 Å². The van der Waals surface area contributed by atoms with E-state index >= 15 is 0 Å². The van der Waals surface area contributed by atoms with Crippen molar-refractivity contribution in [2.45, 2.75) is 19.9 Å². The Bertz CT molecular complexity index is 420. The van der Waals surface area contributed by atoms with Crippen molar-refractivity contribution in [3.05, 3.63) is 29.4 Å². The van der Waals surface area contributed by atoms with E-state index in [1.54, 1.807) is 0 Å². The zero-order valence-corrected chi connectivity index (χ0v) is 8.25. The van der Waals surface area contributed by atoms with Crippen LogP contribution in [0.5, 0.6) is 0 Å². The van der Waals surface area contributed by atoms with Gasteiger partial charge in [-0.3, -0.25) is 4.68 Å². The van der Waals surface area contributed by atoms with Crippen molar-refractivity contribution in [3.63, 3.8) is 0 Å². The number of rotatable bonds is 2. The highest BCUT2D eigenvalue weighted by molar-refractivity contribution is 6.31. The molecule has 0 saturated carbocycles. The van der Waals surface area contributed by atoms with Gasteiger partial charge < -0.3 is 0 Å². The Morgan fingerprint density at radius 2 is 2.31 bits per heavy atom. The van der Waals surface area contributed by atoms with Crippen LogP contribution >= 0.6 is 11.6 Å². The van der Waals surface area contributed by atoms with E-state index in [2.05, 4.69) is 12.0 Å². The Morgan fingerprint density at radius 3 is 3.08 bits per heavy atom. The minimum absolute atomic E-state index is 0.769. The van der Waals surface area contributed by atoms with Crippen molar-refractivity contribution in [1.29, 1.82) is 0 Å². The Hall–Kier alpha value is -1.02. The molecule has 0 aliphatic carbocycles. The normalized spacial score (nSPS) is 10.9. The molecule has 3 heteroatoms. The smallest absolute Gasteiger partial charge is 0.0697 e. The van der Waals surface area contributed by atoms with Gasteiger partial charge in [-0.15, -0.1) is 0 Å². The van der Waals surface area contributed by atoms with Crippen LogP contribution in [0, 0.1) is 0 Å². The highest BCUT2D eigenvalue weighted by atomic mass is 35.5. The first-order chi connectivity index (χ1) is 6.31. The van der Waals surface area contributed by atoms with Crippen LogP contribution in [0.1, 0.15) is 13.3 Å². The summed E-state index contributed by atoms with van der Waals surface area (Å²) in [6, 6.07) is 5.85. The van der Waals surface area contributed by atoms with Crippen molar-refractivity contribution in [2.75, 3.05) is 0 Å². The third-order valence-corrected chi connectivity index (χ3v) is 2.28. The molecule has 2 nitrogen and oxygen atoms in total. The maximum absolute atomic E-state index is 5.91. The lowest BCUT2D eigenvalue weighted by molar-refractivity contribution is 0.622. The monoisotopic (exact) mass is 194 g/mol. The zero-order valence-electron chi connectivity index (χ0n) is 7.50. The van der Waals surface area contributed by atoms with Crippen LogP contribution in [-0.2, 0) is 6.54 Å². The van der Waals surface area contributed by atoms with Crippen molar-refractivity contribution in [2.24, 2.45) is 0 Å². The van der Waals surface area contributed by atoms with Crippen LogP contribution in [0.15, 0.2) is 24.4 Å². The van der Waals surface area contributed by atoms with Gasteiger partial charge in [-0.1, -0.05) is 18.5 Å². The molecule has 0 unspecified atom stereocenters. The van der Waals surface area contributed by atoms with E-state index in [1.165, 1.54) is 0 Å². The molecule has 1 heterocycles. The Labute approximate surface area is 82.1 Å². The van der Waals surface area contributed by atoms with Crippen LogP contribution in [0.4, 0.5) is 0 Å². The van der Waals surface area contributed by atoms with Crippen LogP contribution in [0.3, 0.4) is 0 Å². The first kappa shape index (κ1) is 8.57. The summed E-state index contributed by atoms with van der Waals surface area (Å²) in [5, 5.41) is 6.20. The summed E-state index contributed by atoms with van der Waals surface area (Å²) >= 11 is 5.91. The average Bonchev–Trinajstić information content (AvgIpc) is 2.49. The number of halogens is 1. The van der Waals surface area contributed by atoms with Gasteiger partial charge in [0.05, 0.1) is 11.7 Å². The molecule has 0 N–H and O–H groups in total. The number of nitrogens with zero attached hydrogens (tertiary/aromatic N) is 2. The molecule has 2 aromatic rings. The molecular weight excluding hydrogens is 184 g/mol. The molecule has 13 heavy (non-hydrogen) atoms. The van der Waals surface area contributed by atoms with Gasteiger partial charge in [0.1, 0.15) is 0 Å². The third kappa shape index (κ3) is 1.54. The number of fused-ring (bicyclic) bond motifs is 1. The molecule has 0 amide bonds. The lowest BCUT2D eigenvalue weighted by Gasteiger charge is -2.00. The molecule has 2 rings (SSSR count). The molecular formula is C10H11ClN2. The molecule has 1 aromatic carbocycles. The predicted octanol–water partition coefficient (Wildman–Crippen LogP) is 3.10. The van der Waals surface area contributed by atoms with E-state index < -0.39 is 0 Å². The highest BCUT2D eigenvalue weighted by Crippen LogP contribution is 2.18. The number of hydrogen-bond acceptors (Lipinski definition) is 1. The minimum Gasteiger partial charge on any atom is -0.265 e. The summed E-state index contributed by atoms with van der Waals surface area (Å²) in [5.41, 5.74) is 1.12. The first-order valence-corrected chi connectivity index (χ1v) is 4.80. The van der Waals surface area contributed by atoms with Gasteiger partial charge in [0.2, 0.25) is 0 Å². The number of aryl methyl sites for hydroxylation is 1. The lowest BCUT2D eigenvalue weighted by atomic mass is 10.2. The molecule has 0 aliphatic rings. The Balaban J connectivity index is 2.58. The fraction of sp³-hybridized carbons (Fsp3) is 0.300. The minimum atomic E-state index is 0.769. The van der Waals surface area contributed by atoms with Gasteiger partial charge in [-0.05, 0) is 24.6 Å². The highest BCUT2D eigenvalue weighted by Gasteiger charge is 2.01. The number of benzene rings is 1. The van der Waals surface area contributed by atoms with Crippen LogP contribution in [0.25, 0.3) is 10.9 Å². The van der Waals surface area contributed by atoms with E-state index in [0.717, 1.165) is 28.9 Å². The third-order valence-electron chi connectivity index (χ3n) is 2.04. The second kappa shape index (κ2) is 3.38.